The maximum Gasteiger partial charge on any atom is 0.238 e. The fraction of sp³-hybridized carbons (Fsp3) is 0.250. The van der Waals surface area contributed by atoms with E-state index in [4.69, 9.17) is 10.9 Å². The number of nitrogens with two attached hydrogens (primary N) is 2. The number of aromatic nitrogens is 2. The van der Waals surface area contributed by atoms with E-state index in [1.165, 1.54) is 35.2 Å². The molecule has 11 nitrogen and oxygen atoms in total. The summed E-state index contributed by atoms with van der Waals surface area (Å²) in [4.78, 5) is 27.4. The van der Waals surface area contributed by atoms with Crippen molar-refractivity contribution < 1.29 is 18.0 Å². The predicted octanol–water partition coefficient (Wildman–Crippen LogP) is 2.94. The molecule has 0 bridgehead atoms. The summed E-state index contributed by atoms with van der Waals surface area (Å²) in [5.74, 6) is -0.409. The third-order valence-corrected chi connectivity index (χ3v) is 9.92. The molecule has 0 fully saturated rings. The van der Waals surface area contributed by atoms with Crippen molar-refractivity contribution in [2.75, 3.05) is 17.2 Å². The lowest BCUT2D eigenvalue weighted by Crippen LogP contribution is -2.38. The van der Waals surface area contributed by atoms with Gasteiger partial charge >= 0.3 is 0 Å². The number of hydrogen-bond donors (Lipinski definition) is 3. The van der Waals surface area contributed by atoms with Gasteiger partial charge in [0.15, 0.2) is 10.1 Å². The molecule has 1 amide bonds. The van der Waals surface area contributed by atoms with E-state index in [-0.39, 0.29) is 28.2 Å². The van der Waals surface area contributed by atoms with E-state index in [9.17, 15) is 23.3 Å². The molecule has 3 aromatic rings. The average Bonchev–Trinajstić information content (AvgIpc) is 3.44. The number of rotatable bonds is 9. The number of benzene rings is 2. The van der Waals surface area contributed by atoms with E-state index < -0.39 is 15.9 Å². The molecule has 216 valence electrons. The molecule has 1 aliphatic carbocycles. The van der Waals surface area contributed by atoms with Gasteiger partial charge in [-0.3, -0.25) is 14.5 Å². The summed E-state index contributed by atoms with van der Waals surface area (Å²) in [6.07, 6.45) is 2.20. The first-order valence-electron chi connectivity index (χ1n) is 13.0. The highest BCUT2D eigenvalue weighted by molar-refractivity contribution is 8.01. The van der Waals surface area contributed by atoms with Crippen molar-refractivity contribution in [3.05, 3.63) is 88.4 Å². The molecule has 1 atom stereocenters. The van der Waals surface area contributed by atoms with Crippen LogP contribution in [0.15, 0.2) is 86.5 Å². The van der Waals surface area contributed by atoms with Gasteiger partial charge in [-0.15, -0.1) is 10.2 Å². The molecule has 2 heterocycles. The van der Waals surface area contributed by atoms with Crippen molar-refractivity contribution in [3.8, 4) is 6.07 Å². The molecule has 0 radical (unpaired) electrons. The van der Waals surface area contributed by atoms with Gasteiger partial charge in [0.25, 0.3) is 0 Å². The molecule has 1 aliphatic heterocycles. The van der Waals surface area contributed by atoms with Crippen LogP contribution in [0, 0.1) is 11.3 Å². The van der Waals surface area contributed by atoms with Crippen LogP contribution in [0.25, 0.3) is 0 Å². The molecule has 1 unspecified atom stereocenters. The van der Waals surface area contributed by atoms with Crippen molar-refractivity contribution in [1.82, 2.24) is 15.5 Å². The molecule has 42 heavy (non-hydrogen) atoms. The minimum atomic E-state index is -3.75. The van der Waals surface area contributed by atoms with E-state index >= 15 is 0 Å². The molecule has 0 saturated carbocycles. The molecule has 1 aromatic heterocycles. The molecule has 2 aromatic carbocycles. The van der Waals surface area contributed by atoms with Crippen LogP contribution in [0.1, 0.15) is 36.3 Å². The monoisotopic (exact) mass is 621 g/mol. The van der Waals surface area contributed by atoms with E-state index in [0.29, 0.717) is 52.8 Å². The molecule has 14 heteroatoms. The number of nitrogens with one attached hydrogen (secondary N) is 1. The largest absolute Gasteiger partial charge is 0.384 e. The van der Waals surface area contributed by atoms with Gasteiger partial charge in [-0.2, -0.15) is 5.26 Å². The number of primary sulfonamides is 1. The standard InChI is InChI=1S/C28H27N7O4S3/c29-15-20-24(18-5-2-1-3-6-18)25-21(7-4-8-22(25)36)35(26(20)30)27-33-34-28(41-27)40-16-23(37)32-14-13-17-9-11-19(12-10-17)42(31,38)39/h1-3,5-6,9-12,24H,4,7-8,13-14,16,30H2,(H,32,37)(H2,31,38,39). The Bertz CT molecular complexity index is 1730. The van der Waals surface area contributed by atoms with Crippen molar-refractivity contribution in [2.24, 2.45) is 10.9 Å². The Hall–Kier alpha value is -4.03. The minimum absolute atomic E-state index is 0.00788. The summed E-state index contributed by atoms with van der Waals surface area (Å²) in [5.41, 5.74) is 9.87. The lowest BCUT2D eigenvalue weighted by molar-refractivity contribution is -0.118. The topological polar surface area (TPSA) is 185 Å². The van der Waals surface area contributed by atoms with E-state index in [1.54, 1.807) is 17.0 Å². The summed E-state index contributed by atoms with van der Waals surface area (Å²) in [7, 11) is -3.75. The zero-order valence-corrected chi connectivity index (χ0v) is 24.8. The summed E-state index contributed by atoms with van der Waals surface area (Å²) in [6.45, 7) is 0.370. The Balaban J connectivity index is 1.26. The smallest absolute Gasteiger partial charge is 0.238 e. The second-order valence-corrected chi connectivity index (χ2v) is 13.4. The summed E-state index contributed by atoms with van der Waals surface area (Å²) < 4.78 is 23.3. The number of thioether (sulfide) groups is 1. The predicted molar refractivity (Wildman–Crippen MR) is 160 cm³/mol. The van der Waals surface area contributed by atoms with Crippen LogP contribution in [0.4, 0.5) is 5.13 Å². The van der Waals surface area contributed by atoms with E-state index in [1.807, 2.05) is 30.3 Å². The number of amides is 1. The first-order chi connectivity index (χ1) is 20.2. The number of carbonyl (C=O) groups excluding carboxylic acids is 2. The maximum absolute atomic E-state index is 13.2. The Kier molecular flexibility index (Phi) is 8.74. The Morgan fingerprint density at radius 2 is 1.88 bits per heavy atom. The molecular weight excluding hydrogens is 595 g/mol. The summed E-state index contributed by atoms with van der Waals surface area (Å²) in [5, 5.41) is 27.0. The number of nitrogens with zero attached hydrogens (tertiary/aromatic N) is 4. The second kappa shape index (κ2) is 12.5. The van der Waals surface area contributed by atoms with Gasteiger partial charge in [-0.1, -0.05) is 65.6 Å². The first kappa shape index (κ1) is 29.5. The van der Waals surface area contributed by atoms with Crippen molar-refractivity contribution in [3.63, 3.8) is 0 Å². The highest BCUT2D eigenvalue weighted by Crippen LogP contribution is 2.47. The Labute approximate surface area is 251 Å². The van der Waals surface area contributed by atoms with Gasteiger partial charge in [-0.25, -0.2) is 13.6 Å². The average molecular weight is 622 g/mol. The molecular formula is C28H27N7O4S3. The van der Waals surface area contributed by atoms with Crippen LogP contribution in [0.2, 0.25) is 0 Å². The fourth-order valence-electron chi connectivity index (χ4n) is 5.01. The van der Waals surface area contributed by atoms with Gasteiger partial charge in [0.05, 0.1) is 28.2 Å². The number of anilines is 1. The second-order valence-electron chi connectivity index (χ2n) is 9.66. The lowest BCUT2D eigenvalue weighted by Gasteiger charge is -2.38. The number of carbonyl (C=O) groups is 2. The molecule has 2 aliphatic rings. The Morgan fingerprint density at radius 3 is 2.57 bits per heavy atom. The van der Waals surface area contributed by atoms with Crippen LogP contribution < -0.4 is 21.1 Å². The summed E-state index contributed by atoms with van der Waals surface area (Å²) in [6, 6.07) is 17.8. The van der Waals surface area contributed by atoms with Crippen LogP contribution in [0.3, 0.4) is 0 Å². The minimum Gasteiger partial charge on any atom is -0.384 e. The fourth-order valence-corrected chi connectivity index (χ4v) is 7.23. The number of hydrogen-bond acceptors (Lipinski definition) is 11. The van der Waals surface area contributed by atoms with Crippen molar-refractivity contribution in [2.45, 2.75) is 40.8 Å². The van der Waals surface area contributed by atoms with E-state index in [2.05, 4.69) is 21.6 Å². The maximum atomic E-state index is 13.2. The number of allylic oxidation sites excluding steroid dienone is 3. The molecule has 0 saturated heterocycles. The zero-order valence-electron chi connectivity index (χ0n) is 22.3. The zero-order chi connectivity index (χ0) is 29.9. The van der Waals surface area contributed by atoms with Gasteiger partial charge in [0.1, 0.15) is 5.82 Å². The van der Waals surface area contributed by atoms with Crippen LogP contribution >= 0.6 is 23.1 Å². The number of sulfonamides is 1. The SMILES string of the molecule is N#CC1=C(N)N(c2nnc(SCC(=O)NCCc3ccc(S(N)(=O)=O)cc3)s2)C2=C(C(=O)CCC2)C1c1ccccc1. The van der Waals surface area contributed by atoms with Crippen LogP contribution in [-0.4, -0.2) is 42.6 Å². The highest BCUT2D eigenvalue weighted by Gasteiger charge is 2.41. The van der Waals surface area contributed by atoms with Crippen molar-refractivity contribution >= 4 is 49.9 Å². The number of nitriles is 1. The van der Waals surface area contributed by atoms with E-state index in [0.717, 1.165) is 16.8 Å². The molecule has 5 N–H and O–H groups in total. The third-order valence-electron chi connectivity index (χ3n) is 6.95. The normalized spacial score (nSPS) is 17.2. The Morgan fingerprint density at radius 1 is 1.14 bits per heavy atom. The number of Topliss-reactive ketones (excluding diaryl/α,β-unsaturated/α-hetero) is 1. The highest BCUT2D eigenvalue weighted by atomic mass is 32.2. The van der Waals surface area contributed by atoms with Crippen LogP contribution in [-0.2, 0) is 26.0 Å². The lowest BCUT2D eigenvalue weighted by atomic mass is 9.76. The summed E-state index contributed by atoms with van der Waals surface area (Å²) >= 11 is 2.45. The quantitative estimate of drug-likeness (QED) is 0.300. The van der Waals surface area contributed by atoms with Gasteiger partial charge in [0, 0.05) is 24.2 Å². The molecule has 5 rings (SSSR count). The number of ketones is 1. The van der Waals surface area contributed by atoms with Crippen molar-refractivity contribution in [1.29, 1.82) is 5.26 Å². The van der Waals surface area contributed by atoms with Gasteiger partial charge < -0.3 is 11.1 Å². The third kappa shape index (κ3) is 6.24. The first-order valence-corrected chi connectivity index (χ1v) is 16.4. The van der Waals surface area contributed by atoms with Gasteiger partial charge in [0.2, 0.25) is 21.1 Å². The van der Waals surface area contributed by atoms with Gasteiger partial charge in [-0.05, 0) is 42.5 Å². The molecule has 0 spiro atoms. The van der Waals surface area contributed by atoms with Crippen LogP contribution in [0.5, 0.6) is 0 Å².